The normalized spacial score (nSPS) is 9.18. The Balaban J connectivity index is 2.39. The molecule has 1 aromatic carbocycles. The molecule has 0 spiro atoms. The summed E-state index contributed by atoms with van der Waals surface area (Å²) in [7, 11) is 1.56. The number of nitriles is 1. The molecule has 1 rings (SSSR count). The van der Waals surface area contributed by atoms with E-state index in [0.717, 1.165) is 5.56 Å². The molecule has 17 heavy (non-hydrogen) atoms. The van der Waals surface area contributed by atoms with Crippen LogP contribution in [0.4, 0.5) is 4.79 Å². The van der Waals surface area contributed by atoms with Crippen molar-refractivity contribution in [3.63, 3.8) is 0 Å². The molecule has 1 N–H and O–H groups in total. The van der Waals surface area contributed by atoms with E-state index in [1.165, 1.54) is 0 Å². The Kier molecular flexibility index (Phi) is 5.38. The molecule has 0 radical (unpaired) electrons. The minimum Gasteiger partial charge on any atom is -0.496 e. The average molecular weight is 234 g/mol. The maximum absolute atomic E-state index is 11.2. The van der Waals surface area contributed by atoms with Crippen LogP contribution in [0.1, 0.15) is 12.0 Å². The summed E-state index contributed by atoms with van der Waals surface area (Å²) in [5.41, 5.74) is 0.797. The number of methoxy groups -OCH3 is 1. The number of hydrogen-bond donors (Lipinski definition) is 1. The SMILES string of the molecule is COc1ccccc1COC(=O)NCCC#N. The Morgan fingerprint density at radius 3 is 2.94 bits per heavy atom. The van der Waals surface area contributed by atoms with E-state index in [1.807, 2.05) is 24.3 Å². The number of ether oxygens (including phenoxy) is 2. The van der Waals surface area contributed by atoms with Crippen LogP contribution >= 0.6 is 0 Å². The molecule has 0 aliphatic carbocycles. The van der Waals surface area contributed by atoms with Crippen LogP contribution in [0, 0.1) is 11.3 Å². The highest BCUT2D eigenvalue weighted by molar-refractivity contribution is 5.67. The highest BCUT2D eigenvalue weighted by Crippen LogP contribution is 2.17. The number of amides is 1. The molecule has 0 saturated heterocycles. The summed E-state index contributed by atoms with van der Waals surface area (Å²) in [5, 5.41) is 10.8. The van der Waals surface area contributed by atoms with Crippen LogP contribution in [-0.4, -0.2) is 19.7 Å². The van der Waals surface area contributed by atoms with Crippen LogP contribution in [0.5, 0.6) is 5.75 Å². The van der Waals surface area contributed by atoms with Gasteiger partial charge in [-0.05, 0) is 6.07 Å². The zero-order valence-corrected chi connectivity index (χ0v) is 9.60. The lowest BCUT2D eigenvalue weighted by molar-refractivity contribution is 0.139. The van der Waals surface area contributed by atoms with Crippen molar-refractivity contribution in [3.05, 3.63) is 29.8 Å². The van der Waals surface area contributed by atoms with Crippen molar-refractivity contribution in [1.82, 2.24) is 5.32 Å². The van der Waals surface area contributed by atoms with Gasteiger partial charge in [0.15, 0.2) is 0 Å². The van der Waals surface area contributed by atoms with Crippen molar-refractivity contribution in [2.24, 2.45) is 0 Å². The van der Waals surface area contributed by atoms with E-state index >= 15 is 0 Å². The van der Waals surface area contributed by atoms with Crippen molar-refractivity contribution in [3.8, 4) is 11.8 Å². The quantitative estimate of drug-likeness (QED) is 0.789. The topological polar surface area (TPSA) is 71.3 Å². The summed E-state index contributed by atoms with van der Waals surface area (Å²) in [4.78, 5) is 11.2. The average Bonchev–Trinajstić information content (AvgIpc) is 2.37. The van der Waals surface area contributed by atoms with E-state index in [9.17, 15) is 4.79 Å². The van der Waals surface area contributed by atoms with Gasteiger partial charge in [0.2, 0.25) is 0 Å². The van der Waals surface area contributed by atoms with Gasteiger partial charge in [0.1, 0.15) is 12.4 Å². The molecule has 0 heterocycles. The summed E-state index contributed by atoms with van der Waals surface area (Å²) < 4.78 is 10.1. The van der Waals surface area contributed by atoms with Crippen molar-refractivity contribution in [1.29, 1.82) is 5.26 Å². The summed E-state index contributed by atoms with van der Waals surface area (Å²) >= 11 is 0. The molecule has 0 atom stereocenters. The van der Waals surface area contributed by atoms with Crippen LogP contribution in [0.15, 0.2) is 24.3 Å². The van der Waals surface area contributed by atoms with Gasteiger partial charge < -0.3 is 14.8 Å². The van der Waals surface area contributed by atoms with Crippen molar-refractivity contribution >= 4 is 6.09 Å². The maximum atomic E-state index is 11.2. The van der Waals surface area contributed by atoms with Crippen LogP contribution in [0.3, 0.4) is 0 Å². The van der Waals surface area contributed by atoms with E-state index in [-0.39, 0.29) is 13.0 Å². The van der Waals surface area contributed by atoms with Crippen LogP contribution in [0.25, 0.3) is 0 Å². The van der Waals surface area contributed by atoms with Gasteiger partial charge in [-0.15, -0.1) is 0 Å². The zero-order chi connectivity index (χ0) is 12.5. The highest BCUT2D eigenvalue weighted by Gasteiger charge is 2.05. The summed E-state index contributed by atoms with van der Waals surface area (Å²) in [6.07, 6.45) is -0.268. The number of carbonyl (C=O) groups is 1. The molecular weight excluding hydrogens is 220 g/mol. The Morgan fingerprint density at radius 1 is 1.47 bits per heavy atom. The molecule has 0 aromatic heterocycles. The predicted molar refractivity (Wildman–Crippen MR) is 61.4 cm³/mol. The largest absolute Gasteiger partial charge is 0.496 e. The smallest absolute Gasteiger partial charge is 0.407 e. The fourth-order valence-electron chi connectivity index (χ4n) is 1.24. The number of hydrogen-bond acceptors (Lipinski definition) is 4. The fraction of sp³-hybridized carbons (Fsp3) is 0.333. The second-order valence-electron chi connectivity index (χ2n) is 3.22. The minimum absolute atomic E-state index is 0.141. The molecule has 1 amide bonds. The predicted octanol–water partition coefficient (Wildman–Crippen LogP) is 1.84. The number of alkyl carbamates (subject to hydrolysis) is 1. The molecule has 0 fully saturated rings. The summed E-state index contributed by atoms with van der Waals surface area (Å²) in [6.45, 7) is 0.434. The third-order valence-corrected chi connectivity index (χ3v) is 2.06. The van der Waals surface area contributed by atoms with Crippen molar-refractivity contribution in [2.45, 2.75) is 13.0 Å². The molecular formula is C12H14N2O3. The number of rotatable bonds is 5. The first-order valence-electron chi connectivity index (χ1n) is 5.17. The van der Waals surface area contributed by atoms with Crippen molar-refractivity contribution < 1.29 is 14.3 Å². The van der Waals surface area contributed by atoms with Crippen LogP contribution in [0.2, 0.25) is 0 Å². The van der Waals surface area contributed by atoms with E-state index < -0.39 is 6.09 Å². The molecule has 5 heteroatoms. The Morgan fingerprint density at radius 2 is 2.24 bits per heavy atom. The van der Waals surface area contributed by atoms with Gasteiger partial charge in [0.05, 0.1) is 19.6 Å². The lowest BCUT2D eigenvalue weighted by Gasteiger charge is -2.09. The van der Waals surface area contributed by atoms with E-state index in [2.05, 4.69) is 5.32 Å². The molecule has 0 unspecified atom stereocenters. The van der Waals surface area contributed by atoms with Gasteiger partial charge in [-0.2, -0.15) is 5.26 Å². The first-order valence-corrected chi connectivity index (χ1v) is 5.17. The Labute approximate surface area is 100.0 Å². The highest BCUT2D eigenvalue weighted by atomic mass is 16.5. The molecule has 0 saturated carbocycles. The molecule has 5 nitrogen and oxygen atoms in total. The van der Waals surface area contributed by atoms with E-state index in [0.29, 0.717) is 12.3 Å². The maximum Gasteiger partial charge on any atom is 0.407 e. The van der Waals surface area contributed by atoms with E-state index in [1.54, 1.807) is 13.2 Å². The molecule has 0 bridgehead atoms. The first kappa shape index (κ1) is 12.8. The summed E-state index contributed by atoms with van der Waals surface area (Å²) in [5.74, 6) is 0.678. The van der Waals surface area contributed by atoms with Gasteiger partial charge >= 0.3 is 6.09 Å². The number of nitrogens with one attached hydrogen (secondary N) is 1. The lowest BCUT2D eigenvalue weighted by atomic mass is 10.2. The number of benzene rings is 1. The number of para-hydroxylation sites is 1. The van der Waals surface area contributed by atoms with Crippen LogP contribution < -0.4 is 10.1 Å². The fourth-order valence-corrected chi connectivity index (χ4v) is 1.24. The molecule has 0 aliphatic rings. The standard InChI is InChI=1S/C12H14N2O3/c1-16-11-6-3-2-5-10(11)9-17-12(15)14-8-4-7-13/h2-3,5-6H,4,8-9H2,1H3,(H,14,15). The monoisotopic (exact) mass is 234 g/mol. The van der Waals surface area contributed by atoms with Gasteiger partial charge in [-0.3, -0.25) is 0 Å². The van der Waals surface area contributed by atoms with Crippen molar-refractivity contribution in [2.75, 3.05) is 13.7 Å². The number of nitrogens with zero attached hydrogens (tertiary/aromatic N) is 1. The van der Waals surface area contributed by atoms with Gasteiger partial charge in [-0.25, -0.2) is 4.79 Å². The molecule has 90 valence electrons. The Bertz CT molecular complexity index is 412. The molecule has 0 aliphatic heterocycles. The lowest BCUT2D eigenvalue weighted by Crippen LogP contribution is -2.24. The third-order valence-electron chi connectivity index (χ3n) is 2.06. The zero-order valence-electron chi connectivity index (χ0n) is 9.60. The number of carbonyl (C=O) groups excluding carboxylic acids is 1. The second kappa shape index (κ2) is 7.12. The summed E-state index contributed by atoms with van der Waals surface area (Å²) in [6, 6.07) is 9.23. The van der Waals surface area contributed by atoms with Gasteiger partial charge in [0, 0.05) is 12.1 Å². The van der Waals surface area contributed by atoms with Crippen LogP contribution in [-0.2, 0) is 11.3 Å². The third kappa shape index (κ3) is 4.43. The Hall–Kier alpha value is -2.22. The van der Waals surface area contributed by atoms with Gasteiger partial charge in [-0.1, -0.05) is 18.2 Å². The second-order valence-corrected chi connectivity index (χ2v) is 3.22. The van der Waals surface area contributed by atoms with E-state index in [4.69, 9.17) is 14.7 Å². The van der Waals surface area contributed by atoms with Gasteiger partial charge in [0.25, 0.3) is 0 Å². The first-order chi connectivity index (χ1) is 8.27. The molecule has 1 aromatic rings. The minimum atomic E-state index is -0.536.